The highest BCUT2D eigenvalue weighted by atomic mass is 127. The van der Waals surface area contributed by atoms with Crippen LogP contribution in [0.4, 0.5) is 4.79 Å². The highest BCUT2D eigenvalue weighted by Crippen LogP contribution is 2.05. The number of hydrogen-bond donors (Lipinski definition) is 3. The molecule has 1 aliphatic rings. The molecule has 0 spiro atoms. The normalized spacial score (nSPS) is 16.7. The average molecular weight is 485 g/mol. The van der Waals surface area contributed by atoms with Crippen LogP contribution in [0.5, 0.6) is 0 Å². The molecule has 0 aliphatic carbocycles. The fraction of sp³-hybridized carbons (Fsp3) is 0.882. The molecule has 9 heteroatoms. The van der Waals surface area contributed by atoms with Crippen LogP contribution in [-0.4, -0.2) is 75.5 Å². The van der Waals surface area contributed by atoms with Crippen molar-refractivity contribution in [2.24, 2.45) is 16.6 Å². The van der Waals surface area contributed by atoms with Crippen molar-refractivity contribution < 1.29 is 14.3 Å². The minimum absolute atomic E-state index is 0. The quantitative estimate of drug-likeness (QED) is 0.187. The molecule has 1 saturated heterocycles. The fourth-order valence-corrected chi connectivity index (χ4v) is 2.70. The third-order valence-corrected chi connectivity index (χ3v) is 3.90. The van der Waals surface area contributed by atoms with Crippen molar-refractivity contribution in [3.8, 4) is 0 Å². The summed E-state index contributed by atoms with van der Waals surface area (Å²) in [7, 11) is 0. The molecular weight excluding hydrogens is 449 g/mol. The van der Waals surface area contributed by atoms with Gasteiger partial charge in [-0.3, -0.25) is 9.89 Å². The van der Waals surface area contributed by atoms with E-state index in [1.165, 1.54) is 0 Å². The van der Waals surface area contributed by atoms with Gasteiger partial charge in [-0.05, 0) is 32.2 Å². The molecule has 0 aromatic rings. The van der Waals surface area contributed by atoms with E-state index in [2.05, 4.69) is 34.4 Å². The van der Waals surface area contributed by atoms with Crippen molar-refractivity contribution in [3.63, 3.8) is 0 Å². The second-order valence-electron chi connectivity index (χ2n) is 6.65. The van der Waals surface area contributed by atoms with Gasteiger partial charge in [-0.2, -0.15) is 0 Å². The summed E-state index contributed by atoms with van der Waals surface area (Å²) < 4.78 is 10.3. The smallest absolute Gasteiger partial charge is 0.407 e. The number of aliphatic imine (C=N–C) groups is 1. The summed E-state index contributed by atoms with van der Waals surface area (Å²) in [4.78, 5) is 18.3. The Morgan fingerprint density at radius 1 is 1.35 bits per heavy atom. The van der Waals surface area contributed by atoms with Crippen LogP contribution in [0.15, 0.2) is 4.99 Å². The molecule has 4 N–H and O–H groups in total. The zero-order valence-corrected chi connectivity index (χ0v) is 18.7. The van der Waals surface area contributed by atoms with E-state index < -0.39 is 6.09 Å². The van der Waals surface area contributed by atoms with Gasteiger partial charge in [0.05, 0.1) is 32.4 Å². The second kappa shape index (κ2) is 15.3. The van der Waals surface area contributed by atoms with Crippen LogP contribution in [-0.2, 0) is 9.47 Å². The van der Waals surface area contributed by atoms with E-state index in [0.717, 1.165) is 52.2 Å². The number of nitrogens with two attached hydrogens (primary N) is 1. The summed E-state index contributed by atoms with van der Waals surface area (Å²) in [5, 5.41) is 5.98. The van der Waals surface area contributed by atoms with Crippen LogP contribution in [0.2, 0.25) is 0 Å². The van der Waals surface area contributed by atoms with Crippen LogP contribution in [0.25, 0.3) is 0 Å². The van der Waals surface area contributed by atoms with Gasteiger partial charge in [0.15, 0.2) is 5.96 Å². The molecule has 1 aliphatic heterocycles. The first-order valence-corrected chi connectivity index (χ1v) is 9.28. The van der Waals surface area contributed by atoms with Crippen LogP contribution >= 0.6 is 24.0 Å². The highest BCUT2D eigenvalue weighted by molar-refractivity contribution is 14.0. The van der Waals surface area contributed by atoms with E-state index in [4.69, 9.17) is 15.2 Å². The number of nitrogens with zero attached hydrogens (tertiary/aromatic N) is 2. The molecular formula is C17H36IN5O3. The van der Waals surface area contributed by atoms with Crippen molar-refractivity contribution >= 4 is 36.0 Å². The minimum atomic E-state index is -0.402. The van der Waals surface area contributed by atoms with Gasteiger partial charge in [-0.1, -0.05) is 13.8 Å². The standard InChI is InChI=1S/C17H35N5O3.HI/c1-4-25-17(23)21-15(12-14(2)3)13-20-16(18)19-6-5-7-22-8-10-24-11-9-22;/h14-15H,4-13H2,1-3H3,(H,21,23)(H3,18,19,20);1H. The van der Waals surface area contributed by atoms with E-state index in [9.17, 15) is 4.79 Å². The molecule has 0 bridgehead atoms. The van der Waals surface area contributed by atoms with E-state index >= 15 is 0 Å². The maximum Gasteiger partial charge on any atom is 0.407 e. The van der Waals surface area contributed by atoms with E-state index in [0.29, 0.717) is 25.0 Å². The Balaban J connectivity index is 0.00000625. The van der Waals surface area contributed by atoms with Crippen molar-refractivity contribution in [1.82, 2.24) is 15.5 Å². The SMILES string of the molecule is CCOC(=O)NC(CN=C(N)NCCCN1CCOCC1)CC(C)C.I. The summed E-state index contributed by atoms with van der Waals surface area (Å²) >= 11 is 0. The molecule has 1 atom stereocenters. The summed E-state index contributed by atoms with van der Waals surface area (Å²) in [6.45, 7) is 12.3. The lowest BCUT2D eigenvalue weighted by atomic mass is 10.0. The van der Waals surface area contributed by atoms with Crippen LogP contribution < -0.4 is 16.4 Å². The second-order valence-corrected chi connectivity index (χ2v) is 6.65. The predicted octanol–water partition coefficient (Wildman–Crippen LogP) is 1.39. The fourth-order valence-electron chi connectivity index (χ4n) is 2.70. The number of ether oxygens (including phenoxy) is 2. The van der Waals surface area contributed by atoms with Gasteiger partial charge in [0, 0.05) is 19.6 Å². The molecule has 26 heavy (non-hydrogen) atoms. The molecule has 1 heterocycles. The van der Waals surface area contributed by atoms with Gasteiger partial charge in [0.2, 0.25) is 0 Å². The number of alkyl carbamates (subject to hydrolysis) is 1. The summed E-state index contributed by atoms with van der Waals surface area (Å²) in [6.07, 6.45) is 1.43. The Hall–Kier alpha value is -0.810. The van der Waals surface area contributed by atoms with Gasteiger partial charge in [-0.25, -0.2) is 4.79 Å². The predicted molar refractivity (Wildman–Crippen MR) is 115 cm³/mol. The maximum absolute atomic E-state index is 11.6. The van der Waals surface area contributed by atoms with Crippen LogP contribution in [0.3, 0.4) is 0 Å². The van der Waals surface area contributed by atoms with Crippen molar-refractivity contribution in [1.29, 1.82) is 0 Å². The molecule has 0 aromatic heterocycles. The molecule has 0 radical (unpaired) electrons. The zero-order valence-electron chi connectivity index (χ0n) is 16.3. The van der Waals surface area contributed by atoms with Crippen molar-refractivity contribution in [3.05, 3.63) is 0 Å². The number of rotatable bonds is 10. The number of carbonyl (C=O) groups is 1. The third-order valence-electron chi connectivity index (χ3n) is 3.90. The Kier molecular flexibility index (Phi) is 14.8. The minimum Gasteiger partial charge on any atom is -0.450 e. The van der Waals surface area contributed by atoms with E-state index in [1.54, 1.807) is 6.92 Å². The summed E-state index contributed by atoms with van der Waals surface area (Å²) in [5.41, 5.74) is 5.92. The van der Waals surface area contributed by atoms with Gasteiger partial charge >= 0.3 is 6.09 Å². The topological polar surface area (TPSA) is 101 Å². The van der Waals surface area contributed by atoms with Crippen LogP contribution in [0.1, 0.15) is 33.6 Å². The van der Waals surface area contributed by atoms with Crippen molar-refractivity contribution in [2.45, 2.75) is 39.7 Å². The number of morpholine rings is 1. The summed E-state index contributed by atoms with van der Waals surface area (Å²) in [6, 6.07) is -0.0762. The molecule has 1 rings (SSSR count). The lowest BCUT2D eigenvalue weighted by molar-refractivity contribution is 0.0376. The number of hydrogen-bond acceptors (Lipinski definition) is 5. The largest absolute Gasteiger partial charge is 0.450 e. The van der Waals surface area contributed by atoms with E-state index in [-0.39, 0.29) is 30.0 Å². The van der Waals surface area contributed by atoms with Crippen LogP contribution in [0, 0.1) is 5.92 Å². The molecule has 8 nitrogen and oxygen atoms in total. The van der Waals surface area contributed by atoms with Gasteiger partial charge in [0.25, 0.3) is 0 Å². The Bertz CT molecular complexity index is 404. The maximum atomic E-state index is 11.6. The van der Waals surface area contributed by atoms with E-state index in [1.807, 2.05) is 0 Å². The zero-order chi connectivity index (χ0) is 18.5. The third kappa shape index (κ3) is 12.5. The molecule has 1 amide bonds. The molecule has 1 unspecified atom stereocenters. The Labute approximate surface area is 174 Å². The summed E-state index contributed by atoms with van der Waals surface area (Å²) in [5.74, 6) is 0.867. The first-order chi connectivity index (χ1) is 12.0. The number of halogens is 1. The first kappa shape index (κ1) is 25.2. The number of nitrogens with one attached hydrogen (secondary N) is 2. The Morgan fingerprint density at radius 3 is 2.65 bits per heavy atom. The lowest BCUT2D eigenvalue weighted by Crippen LogP contribution is -2.41. The van der Waals surface area contributed by atoms with Gasteiger partial charge in [0.1, 0.15) is 0 Å². The average Bonchev–Trinajstić information content (AvgIpc) is 2.57. The molecule has 1 fully saturated rings. The lowest BCUT2D eigenvalue weighted by Gasteiger charge is -2.26. The molecule has 0 saturated carbocycles. The monoisotopic (exact) mass is 485 g/mol. The highest BCUT2D eigenvalue weighted by Gasteiger charge is 2.14. The van der Waals surface area contributed by atoms with Gasteiger partial charge in [-0.15, -0.1) is 24.0 Å². The van der Waals surface area contributed by atoms with Crippen molar-refractivity contribution in [2.75, 3.05) is 52.5 Å². The first-order valence-electron chi connectivity index (χ1n) is 9.28. The number of guanidine groups is 1. The number of amides is 1. The molecule has 154 valence electrons. The van der Waals surface area contributed by atoms with Gasteiger partial charge < -0.3 is 25.8 Å². The number of carbonyl (C=O) groups excluding carboxylic acids is 1. The molecule has 0 aromatic carbocycles. The Morgan fingerprint density at radius 2 is 2.04 bits per heavy atom.